The van der Waals surface area contributed by atoms with Gasteiger partial charge in [0.05, 0.1) is 16.4 Å². The van der Waals surface area contributed by atoms with Crippen molar-refractivity contribution in [2.45, 2.75) is 64.6 Å². The van der Waals surface area contributed by atoms with Gasteiger partial charge in [-0.05, 0) is 56.7 Å². The highest BCUT2D eigenvalue weighted by Gasteiger charge is 2.23. The number of fused-ring (bicyclic) bond motifs is 1. The zero-order valence-electron chi connectivity index (χ0n) is 18.4. The van der Waals surface area contributed by atoms with Crippen LogP contribution in [0.4, 0.5) is 11.5 Å². The molecule has 1 aliphatic carbocycles. The van der Waals surface area contributed by atoms with E-state index in [1.807, 2.05) is 19.1 Å². The van der Waals surface area contributed by atoms with Crippen molar-refractivity contribution < 1.29 is 14.6 Å². The monoisotopic (exact) mass is 455 g/mol. The van der Waals surface area contributed by atoms with Crippen LogP contribution in [0, 0.1) is 6.92 Å². The van der Waals surface area contributed by atoms with Crippen LogP contribution in [0.5, 0.6) is 5.88 Å². The maximum Gasteiger partial charge on any atom is 0.261 e. The number of anilines is 2. The molecule has 3 aromatic heterocycles. The molecule has 1 aliphatic rings. The fraction of sp³-hybridized carbons (Fsp3) is 0.478. The lowest BCUT2D eigenvalue weighted by Gasteiger charge is -2.26. The van der Waals surface area contributed by atoms with Crippen molar-refractivity contribution in [2.24, 2.45) is 0 Å². The predicted octanol–water partition coefficient (Wildman–Crippen LogP) is 4.35. The average molecular weight is 456 g/mol. The zero-order valence-corrected chi connectivity index (χ0v) is 19.2. The van der Waals surface area contributed by atoms with Crippen molar-refractivity contribution in [1.29, 1.82) is 0 Å². The molecule has 32 heavy (non-hydrogen) atoms. The smallest absolute Gasteiger partial charge is 0.261 e. The highest BCUT2D eigenvalue weighted by atomic mass is 32.1. The number of aromatic nitrogens is 3. The van der Waals surface area contributed by atoms with E-state index < -0.39 is 0 Å². The van der Waals surface area contributed by atoms with Gasteiger partial charge in [-0.15, -0.1) is 11.3 Å². The van der Waals surface area contributed by atoms with Gasteiger partial charge < -0.3 is 20.5 Å². The number of amides is 1. The molecule has 0 saturated heterocycles. The van der Waals surface area contributed by atoms with Crippen LogP contribution in [-0.2, 0) is 0 Å². The molecule has 4 rings (SSSR count). The Morgan fingerprint density at radius 2 is 2.06 bits per heavy atom. The van der Waals surface area contributed by atoms with E-state index in [1.165, 1.54) is 17.7 Å². The first-order chi connectivity index (χ1) is 15.6. The number of nitrogens with zero attached hydrogens (tertiary/aromatic N) is 3. The summed E-state index contributed by atoms with van der Waals surface area (Å²) in [4.78, 5) is 27.3. The lowest BCUT2D eigenvalue weighted by atomic mass is 9.95. The number of ether oxygens (including phenoxy) is 1. The number of aryl methyl sites for hydroxylation is 1. The van der Waals surface area contributed by atoms with Crippen LogP contribution >= 0.6 is 11.3 Å². The van der Waals surface area contributed by atoms with Crippen LogP contribution in [0.3, 0.4) is 0 Å². The van der Waals surface area contributed by atoms with E-state index in [1.54, 1.807) is 6.20 Å². The van der Waals surface area contributed by atoms with Gasteiger partial charge in [-0.2, -0.15) is 0 Å². The molecular weight excluding hydrogens is 426 g/mol. The minimum absolute atomic E-state index is 0.0283. The van der Waals surface area contributed by atoms with Crippen molar-refractivity contribution >= 4 is 39.0 Å². The summed E-state index contributed by atoms with van der Waals surface area (Å²) in [5.74, 6) is 1.05. The second kappa shape index (κ2) is 10.2. The molecule has 0 bridgehead atoms. The Kier molecular flexibility index (Phi) is 7.16. The summed E-state index contributed by atoms with van der Waals surface area (Å²) >= 11 is 1.37. The number of rotatable bonds is 8. The first kappa shape index (κ1) is 22.4. The Balaban J connectivity index is 1.58. The fourth-order valence-corrected chi connectivity index (χ4v) is 4.94. The topological polar surface area (TPSA) is 109 Å². The minimum Gasteiger partial charge on any atom is -0.473 e. The third kappa shape index (κ3) is 4.99. The number of nitrogens with one attached hydrogen (secondary N) is 2. The molecule has 0 aromatic carbocycles. The second-order valence-electron chi connectivity index (χ2n) is 8.10. The third-order valence-corrected chi connectivity index (χ3v) is 6.89. The number of pyridine rings is 1. The number of unbranched alkanes of at least 4 members (excludes halogenated alkanes) is 1. The molecule has 0 atom stereocenters. The maximum atomic E-state index is 12.7. The maximum absolute atomic E-state index is 12.7. The Morgan fingerprint density at radius 3 is 2.84 bits per heavy atom. The summed E-state index contributed by atoms with van der Waals surface area (Å²) in [6.45, 7) is 4.68. The molecule has 8 nitrogen and oxygen atoms in total. The molecule has 1 fully saturated rings. The van der Waals surface area contributed by atoms with E-state index in [0.717, 1.165) is 54.3 Å². The summed E-state index contributed by atoms with van der Waals surface area (Å²) in [7, 11) is 0. The van der Waals surface area contributed by atoms with E-state index >= 15 is 0 Å². The van der Waals surface area contributed by atoms with Crippen LogP contribution in [0.15, 0.2) is 24.7 Å². The number of aliphatic hydroxyl groups excluding tert-OH is 1. The van der Waals surface area contributed by atoms with Crippen molar-refractivity contribution in [3.8, 4) is 5.88 Å². The van der Waals surface area contributed by atoms with Crippen LogP contribution in [0.2, 0.25) is 0 Å². The third-order valence-electron chi connectivity index (χ3n) is 5.70. The van der Waals surface area contributed by atoms with E-state index in [9.17, 15) is 9.90 Å². The van der Waals surface area contributed by atoms with Gasteiger partial charge in [-0.25, -0.2) is 15.0 Å². The normalized spacial score (nSPS) is 18.5. The van der Waals surface area contributed by atoms with Crippen molar-refractivity contribution in [3.63, 3.8) is 0 Å². The number of hydrogen-bond donors (Lipinski definition) is 3. The zero-order chi connectivity index (χ0) is 22.5. The quantitative estimate of drug-likeness (QED) is 0.433. The van der Waals surface area contributed by atoms with Crippen LogP contribution in [-0.4, -0.2) is 44.7 Å². The first-order valence-corrected chi connectivity index (χ1v) is 12.0. The molecule has 1 saturated carbocycles. The molecule has 170 valence electrons. The Bertz CT molecular complexity index is 1080. The van der Waals surface area contributed by atoms with Gasteiger partial charge in [0.15, 0.2) is 0 Å². The van der Waals surface area contributed by atoms with Gasteiger partial charge in [0, 0.05) is 12.7 Å². The first-order valence-electron chi connectivity index (χ1n) is 11.2. The number of hydrogen-bond acceptors (Lipinski definition) is 8. The molecule has 3 aromatic rings. The van der Waals surface area contributed by atoms with Gasteiger partial charge in [0.2, 0.25) is 5.88 Å². The molecule has 0 radical (unpaired) electrons. The van der Waals surface area contributed by atoms with Crippen molar-refractivity contribution in [3.05, 3.63) is 35.1 Å². The lowest BCUT2D eigenvalue weighted by molar-refractivity contribution is 0.0647. The van der Waals surface area contributed by atoms with E-state index in [4.69, 9.17) is 4.74 Å². The van der Waals surface area contributed by atoms with E-state index in [0.29, 0.717) is 28.8 Å². The molecule has 1 amide bonds. The summed E-state index contributed by atoms with van der Waals surface area (Å²) in [6, 6.07) is 3.74. The number of aliphatic hydroxyl groups is 1. The Morgan fingerprint density at radius 1 is 1.25 bits per heavy atom. The Labute approximate surface area is 191 Å². The minimum atomic E-state index is -0.236. The van der Waals surface area contributed by atoms with E-state index in [2.05, 4.69) is 32.5 Å². The summed E-state index contributed by atoms with van der Waals surface area (Å²) in [5.41, 5.74) is 1.56. The number of carbonyl (C=O) groups is 1. The predicted molar refractivity (Wildman–Crippen MR) is 126 cm³/mol. The van der Waals surface area contributed by atoms with Gasteiger partial charge >= 0.3 is 0 Å². The van der Waals surface area contributed by atoms with Crippen molar-refractivity contribution in [2.75, 3.05) is 11.9 Å². The molecular formula is C23H29N5O3S. The number of thiophene rings is 1. The average Bonchev–Trinajstić information content (AvgIpc) is 3.14. The van der Waals surface area contributed by atoms with Gasteiger partial charge in [0.25, 0.3) is 5.91 Å². The molecule has 3 N–H and O–H groups in total. The summed E-state index contributed by atoms with van der Waals surface area (Å²) < 4.78 is 6.16. The molecule has 0 aliphatic heterocycles. The van der Waals surface area contributed by atoms with Gasteiger partial charge in [-0.1, -0.05) is 13.3 Å². The SMILES string of the molecule is CCCCNC(=O)c1sc2ncnc(Nc3cccnc3OC3CCC(O)CC3)c2c1C. The highest BCUT2D eigenvalue weighted by molar-refractivity contribution is 7.20. The van der Waals surface area contributed by atoms with Crippen LogP contribution < -0.4 is 15.4 Å². The lowest BCUT2D eigenvalue weighted by Crippen LogP contribution is -2.27. The summed E-state index contributed by atoms with van der Waals surface area (Å²) in [5, 5.41) is 16.9. The van der Waals surface area contributed by atoms with Crippen molar-refractivity contribution in [1.82, 2.24) is 20.3 Å². The van der Waals surface area contributed by atoms with Gasteiger partial charge in [0.1, 0.15) is 28.8 Å². The summed E-state index contributed by atoms with van der Waals surface area (Å²) in [6.07, 6.45) is 8.05. The number of carbonyl (C=O) groups excluding carboxylic acids is 1. The molecule has 0 spiro atoms. The molecule has 3 heterocycles. The molecule has 9 heteroatoms. The Hall–Kier alpha value is -2.78. The van der Waals surface area contributed by atoms with Gasteiger partial charge in [-0.3, -0.25) is 4.79 Å². The second-order valence-corrected chi connectivity index (χ2v) is 9.10. The van der Waals surface area contributed by atoms with E-state index in [-0.39, 0.29) is 18.1 Å². The highest BCUT2D eigenvalue weighted by Crippen LogP contribution is 2.36. The fourth-order valence-electron chi connectivity index (χ4n) is 3.87. The van der Waals surface area contributed by atoms with Crippen LogP contribution in [0.25, 0.3) is 10.2 Å². The molecule has 0 unspecified atom stereocenters. The largest absolute Gasteiger partial charge is 0.473 e. The van der Waals surface area contributed by atoms with Crippen LogP contribution in [0.1, 0.15) is 60.7 Å². The standard InChI is InChI=1S/C23H29N5O3S/c1-3-4-11-24-21(30)19-14(2)18-20(26-13-27-23(18)32-19)28-17-6-5-12-25-22(17)31-16-9-7-15(29)8-10-16/h5-6,12-13,15-16,29H,3-4,7-11H2,1-2H3,(H,24,30)(H,26,27,28).